The maximum Gasteiger partial charge on any atom is 0.175 e. The summed E-state index contributed by atoms with van der Waals surface area (Å²) < 4.78 is 12.3. The average molecular weight is 629 g/mol. The average Bonchev–Trinajstić information content (AvgIpc) is 3.77. The standard InChI is InChI=1S/C45H28N2O2/c1-3-9-29(10-4-1)30-17-20-34(21-18-30)47(36-23-26-42-40(28-36)38-13-7-8-14-41(38)48-42)35-22-25-37-33(27-35)16-15-31-19-24-39-44(32-11-5-2-6-12-32)46-49-45(39)43(31)37/h1-28H. The molecule has 2 aromatic heterocycles. The second-order valence-electron chi connectivity index (χ2n) is 12.4. The van der Waals surface area contributed by atoms with Crippen LogP contribution >= 0.6 is 0 Å². The van der Waals surface area contributed by atoms with Crippen molar-refractivity contribution in [1.29, 1.82) is 0 Å². The Morgan fingerprint density at radius 1 is 0.408 bits per heavy atom. The molecule has 2 heterocycles. The van der Waals surface area contributed by atoms with Crippen LogP contribution in [-0.4, -0.2) is 5.16 Å². The van der Waals surface area contributed by atoms with E-state index in [0.29, 0.717) is 0 Å². The minimum Gasteiger partial charge on any atom is -0.456 e. The molecule has 0 amide bonds. The van der Waals surface area contributed by atoms with Gasteiger partial charge in [-0.2, -0.15) is 0 Å². The first-order valence-corrected chi connectivity index (χ1v) is 16.5. The number of furan rings is 1. The number of nitrogens with zero attached hydrogens (tertiary/aromatic N) is 2. The maximum absolute atomic E-state index is 6.19. The number of rotatable bonds is 5. The van der Waals surface area contributed by atoms with Crippen LogP contribution < -0.4 is 4.90 Å². The van der Waals surface area contributed by atoms with Crippen molar-refractivity contribution in [2.75, 3.05) is 4.90 Å². The van der Waals surface area contributed by atoms with Crippen molar-refractivity contribution >= 4 is 71.5 Å². The summed E-state index contributed by atoms with van der Waals surface area (Å²) in [7, 11) is 0. The Balaban J connectivity index is 1.15. The maximum atomic E-state index is 6.19. The minimum absolute atomic E-state index is 0.806. The SMILES string of the molecule is c1ccc(-c2ccc(N(c3ccc4c(ccc5ccc6c(-c7ccccc7)noc6c54)c3)c3ccc4oc5ccccc5c4c3)cc2)cc1. The number of para-hydroxylation sites is 1. The van der Waals surface area contributed by atoms with Crippen LogP contribution in [0.15, 0.2) is 179 Å². The molecule has 4 heteroatoms. The van der Waals surface area contributed by atoms with E-state index in [-0.39, 0.29) is 0 Å². The number of anilines is 3. The van der Waals surface area contributed by atoms with Crippen molar-refractivity contribution in [2.45, 2.75) is 0 Å². The molecule has 0 atom stereocenters. The van der Waals surface area contributed by atoms with E-state index in [1.165, 1.54) is 11.1 Å². The van der Waals surface area contributed by atoms with Crippen LogP contribution in [0.5, 0.6) is 0 Å². The van der Waals surface area contributed by atoms with Crippen molar-refractivity contribution in [3.8, 4) is 22.4 Å². The molecule has 0 bridgehead atoms. The molecule has 10 rings (SSSR count). The zero-order chi connectivity index (χ0) is 32.3. The van der Waals surface area contributed by atoms with Gasteiger partial charge in [-0.1, -0.05) is 120 Å². The molecule has 0 spiro atoms. The molecular weight excluding hydrogens is 601 g/mol. The molecule has 0 aliphatic carbocycles. The molecule has 0 fully saturated rings. The summed E-state index contributed by atoms with van der Waals surface area (Å²) >= 11 is 0. The molecule has 0 radical (unpaired) electrons. The quantitative estimate of drug-likeness (QED) is 0.178. The van der Waals surface area contributed by atoms with Crippen LogP contribution in [0.4, 0.5) is 17.1 Å². The van der Waals surface area contributed by atoms with Crippen LogP contribution in [0.25, 0.3) is 76.8 Å². The largest absolute Gasteiger partial charge is 0.456 e. The summed E-state index contributed by atoms with van der Waals surface area (Å²) in [6, 6.07) is 59.5. The van der Waals surface area contributed by atoms with Gasteiger partial charge in [0.2, 0.25) is 0 Å². The van der Waals surface area contributed by atoms with Gasteiger partial charge >= 0.3 is 0 Å². The highest BCUT2D eigenvalue weighted by atomic mass is 16.5. The molecular formula is C45H28N2O2. The highest BCUT2D eigenvalue weighted by Gasteiger charge is 2.19. The van der Waals surface area contributed by atoms with Gasteiger partial charge < -0.3 is 13.8 Å². The third-order valence-corrected chi connectivity index (χ3v) is 9.58. The van der Waals surface area contributed by atoms with E-state index in [2.05, 4.69) is 144 Å². The van der Waals surface area contributed by atoms with Gasteiger partial charge in [-0.25, -0.2) is 0 Å². The lowest BCUT2D eigenvalue weighted by Gasteiger charge is -2.26. The van der Waals surface area contributed by atoms with Gasteiger partial charge in [0.05, 0.1) is 5.39 Å². The molecule has 4 nitrogen and oxygen atoms in total. The smallest absolute Gasteiger partial charge is 0.175 e. The zero-order valence-corrected chi connectivity index (χ0v) is 26.4. The van der Waals surface area contributed by atoms with Gasteiger partial charge in [0.25, 0.3) is 0 Å². The fourth-order valence-corrected chi connectivity index (χ4v) is 7.21. The van der Waals surface area contributed by atoms with Crippen LogP contribution in [0, 0.1) is 0 Å². The second kappa shape index (κ2) is 11.0. The fraction of sp³-hybridized carbons (Fsp3) is 0. The van der Waals surface area contributed by atoms with Crippen LogP contribution in [0.2, 0.25) is 0 Å². The highest BCUT2D eigenvalue weighted by molar-refractivity contribution is 6.20. The lowest BCUT2D eigenvalue weighted by molar-refractivity contribution is 0.462. The fourth-order valence-electron chi connectivity index (χ4n) is 7.21. The monoisotopic (exact) mass is 628 g/mol. The Morgan fingerprint density at radius 2 is 1.02 bits per heavy atom. The van der Waals surface area contributed by atoms with E-state index >= 15 is 0 Å². The van der Waals surface area contributed by atoms with Crippen LogP contribution in [0.1, 0.15) is 0 Å². The number of benzene rings is 8. The van der Waals surface area contributed by atoms with E-state index < -0.39 is 0 Å². The molecule has 230 valence electrons. The number of hydrogen-bond acceptors (Lipinski definition) is 4. The van der Waals surface area contributed by atoms with Gasteiger partial charge in [-0.05, 0) is 81.9 Å². The number of fused-ring (bicyclic) bond motifs is 8. The lowest BCUT2D eigenvalue weighted by atomic mass is 9.98. The van der Waals surface area contributed by atoms with Gasteiger partial charge in [0.1, 0.15) is 16.9 Å². The van der Waals surface area contributed by atoms with E-state index in [1.54, 1.807) is 0 Å². The molecule has 0 unspecified atom stereocenters. The van der Waals surface area contributed by atoms with Crippen molar-refractivity contribution in [3.05, 3.63) is 170 Å². The number of aromatic nitrogens is 1. The summed E-state index contributed by atoms with van der Waals surface area (Å²) in [6.07, 6.45) is 0. The molecule has 49 heavy (non-hydrogen) atoms. The van der Waals surface area contributed by atoms with Crippen molar-refractivity contribution in [3.63, 3.8) is 0 Å². The highest BCUT2D eigenvalue weighted by Crippen LogP contribution is 2.42. The van der Waals surface area contributed by atoms with E-state index in [0.717, 1.165) is 82.8 Å². The van der Waals surface area contributed by atoms with E-state index in [4.69, 9.17) is 8.94 Å². The lowest BCUT2D eigenvalue weighted by Crippen LogP contribution is -2.09. The van der Waals surface area contributed by atoms with E-state index in [9.17, 15) is 0 Å². The Bertz CT molecular complexity index is 2820. The van der Waals surface area contributed by atoms with Crippen LogP contribution in [-0.2, 0) is 0 Å². The van der Waals surface area contributed by atoms with Gasteiger partial charge in [0.15, 0.2) is 5.58 Å². The predicted molar refractivity (Wildman–Crippen MR) is 202 cm³/mol. The Morgan fingerprint density at radius 3 is 1.86 bits per heavy atom. The summed E-state index contributed by atoms with van der Waals surface area (Å²) in [5.41, 5.74) is 10.0. The number of hydrogen-bond donors (Lipinski definition) is 0. The van der Waals surface area contributed by atoms with Gasteiger partial charge in [-0.15, -0.1) is 0 Å². The first kappa shape index (κ1) is 27.5. The Hall–Kier alpha value is -6.65. The Kier molecular flexibility index (Phi) is 6.15. The summed E-state index contributed by atoms with van der Waals surface area (Å²) in [6.45, 7) is 0. The topological polar surface area (TPSA) is 42.4 Å². The summed E-state index contributed by atoms with van der Waals surface area (Å²) in [5, 5.41) is 12.2. The first-order valence-electron chi connectivity index (χ1n) is 16.5. The molecule has 0 saturated carbocycles. The van der Waals surface area contributed by atoms with Crippen molar-refractivity contribution < 1.29 is 8.94 Å². The van der Waals surface area contributed by atoms with Gasteiger partial charge in [-0.3, -0.25) is 0 Å². The second-order valence-corrected chi connectivity index (χ2v) is 12.4. The Labute approximate surface area is 282 Å². The third-order valence-electron chi connectivity index (χ3n) is 9.58. The summed E-state index contributed by atoms with van der Waals surface area (Å²) in [4.78, 5) is 2.32. The van der Waals surface area contributed by atoms with Crippen molar-refractivity contribution in [1.82, 2.24) is 5.16 Å². The molecule has 0 N–H and O–H groups in total. The first-order chi connectivity index (χ1) is 24.3. The molecule has 0 saturated heterocycles. The molecule has 0 aliphatic heterocycles. The molecule has 8 aromatic carbocycles. The molecule has 0 aliphatic rings. The van der Waals surface area contributed by atoms with Gasteiger partial charge in [0, 0.05) is 38.8 Å². The predicted octanol–water partition coefficient (Wildman–Crippen LogP) is 12.8. The normalized spacial score (nSPS) is 11.7. The molecule has 10 aromatic rings. The van der Waals surface area contributed by atoms with Crippen molar-refractivity contribution in [2.24, 2.45) is 0 Å². The van der Waals surface area contributed by atoms with E-state index in [1.807, 2.05) is 36.4 Å². The summed E-state index contributed by atoms with van der Waals surface area (Å²) in [5.74, 6) is 0. The third kappa shape index (κ3) is 4.49. The zero-order valence-electron chi connectivity index (χ0n) is 26.4. The minimum atomic E-state index is 0.806. The van der Waals surface area contributed by atoms with Crippen LogP contribution in [0.3, 0.4) is 0 Å².